The maximum atomic E-state index is 12.0. The van der Waals surface area contributed by atoms with Crippen LogP contribution < -0.4 is 10.5 Å². The number of nitrogens with zero attached hydrogens (tertiary/aromatic N) is 1. The van der Waals surface area contributed by atoms with Gasteiger partial charge in [-0.1, -0.05) is 18.2 Å². The first kappa shape index (κ1) is 16.8. The van der Waals surface area contributed by atoms with Crippen molar-refractivity contribution in [3.8, 4) is 5.75 Å². The van der Waals surface area contributed by atoms with E-state index in [4.69, 9.17) is 10.5 Å². The summed E-state index contributed by atoms with van der Waals surface area (Å²) in [5.74, 6) is 1.44. The Morgan fingerprint density at radius 2 is 2.20 bits per heavy atom. The molecule has 2 unspecified atom stereocenters. The van der Waals surface area contributed by atoms with E-state index in [0.29, 0.717) is 12.3 Å². The molecule has 1 aliphatic heterocycles. The van der Waals surface area contributed by atoms with Crippen LogP contribution in [0, 0.1) is 0 Å². The monoisotopic (exact) mass is 298 g/mol. The van der Waals surface area contributed by atoms with Crippen LogP contribution in [0.2, 0.25) is 0 Å². The van der Waals surface area contributed by atoms with E-state index in [1.54, 1.807) is 7.11 Å². The van der Waals surface area contributed by atoms with Crippen LogP contribution in [-0.4, -0.2) is 37.0 Å². The second kappa shape index (κ2) is 7.50. The van der Waals surface area contributed by atoms with Crippen molar-refractivity contribution in [2.75, 3.05) is 20.2 Å². The number of carbonyl (C=O) groups is 1. The van der Waals surface area contributed by atoms with Crippen molar-refractivity contribution in [3.63, 3.8) is 0 Å². The van der Waals surface area contributed by atoms with Gasteiger partial charge in [0.05, 0.1) is 7.11 Å². The maximum Gasteiger partial charge on any atom is 0.224 e. The number of benzene rings is 1. The standard InChI is InChI=1S/C15H22N2O2.ClH/c1-11(16)9-15(18)17-8-7-12(10-17)13-5-3-4-6-14(13)19-2;/h3-6,11-12H,7-10,16H2,1-2H3;1H. The molecule has 1 aromatic rings. The number of amides is 1. The molecule has 1 saturated heterocycles. The number of carbonyl (C=O) groups excluding carboxylic acids is 1. The van der Waals surface area contributed by atoms with Crippen LogP contribution in [0.4, 0.5) is 0 Å². The van der Waals surface area contributed by atoms with Gasteiger partial charge in [0.1, 0.15) is 5.75 Å². The highest BCUT2D eigenvalue weighted by atomic mass is 35.5. The molecule has 1 amide bonds. The van der Waals surface area contributed by atoms with Crippen LogP contribution in [0.5, 0.6) is 5.75 Å². The molecular formula is C15H23ClN2O2. The Morgan fingerprint density at radius 3 is 2.85 bits per heavy atom. The van der Waals surface area contributed by atoms with E-state index in [0.717, 1.165) is 25.3 Å². The number of rotatable bonds is 4. The van der Waals surface area contributed by atoms with Gasteiger partial charge in [-0.25, -0.2) is 0 Å². The first-order chi connectivity index (χ1) is 9.11. The Bertz CT molecular complexity index is 451. The third-order valence-corrected chi connectivity index (χ3v) is 3.62. The van der Waals surface area contributed by atoms with Crippen molar-refractivity contribution >= 4 is 18.3 Å². The van der Waals surface area contributed by atoms with Crippen molar-refractivity contribution < 1.29 is 9.53 Å². The molecule has 0 bridgehead atoms. The van der Waals surface area contributed by atoms with E-state index in [9.17, 15) is 4.79 Å². The zero-order valence-corrected chi connectivity index (χ0v) is 12.9. The summed E-state index contributed by atoms with van der Waals surface area (Å²) in [6, 6.07) is 7.98. The number of likely N-dealkylation sites (tertiary alicyclic amines) is 1. The van der Waals surface area contributed by atoms with Gasteiger partial charge >= 0.3 is 0 Å². The van der Waals surface area contributed by atoms with Gasteiger partial charge in [-0.3, -0.25) is 4.79 Å². The SMILES string of the molecule is COc1ccccc1C1CCN(C(=O)CC(C)N)C1.Cl. The topological polar surface area (TPSA) is 55.6 Å². The van der Waals surface area contributed by atoms with Crippen LogP contribution >= 0.6 is 12.4 Å². The minimum Gasteiger partial charge on any atom is -0.496 e. The van der Waals surface area contributed by atoms with Gasteiger partial charge in [0.15, 0.2) is 0 Å². The zero-order chi connectivity index (χ0) is 13.8. The van der Waals surface area contributed by atoms with Gasteiger partial charge in [-0.05, 0) is 25.0 Å². The lowest BCUT2D eigenvalue weighted by Crippen LogP contribution is -2.33. The van der Waals surface area contributed by atoms with E-state index in [-0.39, 0.29) is 24.4 Å². The number of hydrogen-bond acceptors (Lipinski definition) is 3. The molecule has 5 heteroatoms. The molecule has 1 fully saturated rings. The molecule has 2 rings (SSSR count). The summed E-state index contributed by atoms with van der Waals surface area (Å²) >= 11 is 0. The van der Waals surface area contributed by atoms with Crippen molar-refractivity contribution in [3.05, 3.63) is 29.8 Å². The maximum absolute atomic E-state index is 12.0. The van der Waals surface area contributed by atoms with Gasteiger partial charge < -0.3 is 15.4 Å². The third-order valence-electron chi connectivity index (χ3n) is 3.62. The Morgan fingerprint density at radius 1 is 1.50 bits per heavy atom. The second-order valence-electron chi connectivity index (χ2n) is 5.25. The van der Waals surface area contributed by atoms with Crippen LogP contribution in [0.25, 0.3) is 0 Å². The van der Waals surface area contributed by atoms with Gasteiger partial charge in [-0.2, -0.15) is 0 Å². The van der Waals surface area contributed by atoms with E-state index >= 15 is 0 Å². The molecule has 1 aromatic carbocycles. The van der Waals surface area contributed by atoms with E-state index in [2.05, 4.69) is 6.07 Å². The number of ether oxygens (including phenoxy) is 1. The minimum absolute atomic E-state index is 0. The number of halogens is 1. The molecule has 0 aromatic heterocycles. The van der Waals surface area contributed by atoms with Gasteiger partial charge in [0, 0.05) is 31.5 Å². The molecule has 0 spiro atoms. The predicted octanol–water partition coefficient (Wildman–Crippen LogP) is 2.17. The molecule has 2 N–H and O–H groups in total. The lowest BCUT2D eigenvalue weighted by atomic mass is 9.97. The summed E-state index contributed by atoms with van der Waals surface area (Å²) in [7, 11) is 1.69. The number of para-hydroxylation sites is 1. The summed E-state index contributed by atoms with van der Waals surface area (Å²) in [4.78, 5) is 13.9. The van der Waals surface area contributed by atoms with E-state index in [1.165, 1.54) is 5.56 Å². The molecule has 2 atom stereocenters. The van der Waals surface area contributed by atoms with Gasteiger partial charge in [-0.15, -0.1) is 12.4 Å². The Labute approximate surface area is 126 Å². The Balaban J connectivity index is 0.00000200. The highest BCUT2D eigenvalue weighted by Crippen LogP contribution is 2.33. The van der Waals surface area contributed by atoms with E-state index in [1.807, 2.05) is 30.0 Å². The Kier molecular flexibility index (Phi) is 6.30. The summed E-state index contributed by atoms with van der Waals surface area (Å²) in [6.07, 6.45) is 1.42. The third kappa shape index (κ3) is 3.87. The molecule has 0 radical (unpaired) electrons. The molecule has 0 saturated carbocycles. The van der Waals surface area contributed by atoms with Crippen LogP contribution in [-0.2, 0) is 4.79 Å². The number of nitrogens with two attached hydrogens (primary N) is 1. The normalized spacial score (nSPS) is 19.4. The fourth-order valence-electron chi connectivity index (χ4n) is 2.65. The number of hydrogen-bond donors (Lipinski definition) is 1. The van der Waals surface area contributed by atoms with Crippen molar-refractivity contribution in [2.45, 2.75) is 31.7 Å². The second-order valence-corrected chi connectivity index (χ2v) is 5.25. The molecule has 1 aliphatic rings. The van der Waals surface area contributed by atoms with Crippen LogP contribution in [0.15, 0.2) is 24.3 Å². The zero-order valence-electron chi connectivity index (χ0n) is 12.0. The summed E-state index contributed by atoms with van der Waals surface area (Å²) in [5.41, 5.74) is 6.88. The summed E-state index contributed by atoms with van der Waals surface area (Å²) in [6.45, 7) is 3.45. The average molecular weight is 299 g/mol. The largest absolute Gasteiger partial charge is 0.496 e. The average Bonchev–Trinajstić information content (AvgIpc) is 2.87. The van der Waals surface area contributed by atoms with Crippen molar-refractivity contribution in [1.29, 1.82) is 0 Å². The highest BCUT2D eigenvalue weighted by molar-refractivity contribution is 5.85. The quantitative estimate of drug-likeness (QED) is 0.927. The molecule has 20 heavy (non-hydrogen) atoms. The van der Waals surface area contributed by atoms with Crippen molar-refractivity contribution in [2.24, 2.45) is 5.73 Å². The first-order valence-electron chi connectivity index (χ1n) is 6.78. The highest BCUT2D eigenvalue weighted by Gasteiger charge is 2.28. The van der Waals surface area contributed by atoms with Gasteiger partial charge in [0.25, 0.3) is 0 Å². The first-order valence-corrected chi connectivity index (χ1v) is 6.78. The lowest BCUT2D eigenvalue weighted by Gasteiger charge is -2.18. The summed E-state index contributed by atoms with van der Waals surface area (Å²) < 4.78 is 5.39. The van der Waals surface area contributed by atoms with E-state index < -0.39 is 0 Å². The molecule has 1 heterocycles. The van der Waals surface area contributed by atoms with Crippen molar-refractivity contribution in [1.82, 2.24) is 4.90 Å². The van der Waals surface area contributed by atoms with Gasteiger partial charge in [0.2, 0.25) is 5.91 Å². The van der Waals surface area contributed by atoms with Crippen LogP contribution in [0.1, 0.15) is 31.2 Å². The lowest BCUT2D eigenvalue weighted by molar-refractivity contribution is -0.130. The summed E-state index contributed by atoms with van der Waals surface area (Å²) in [5, 5.41) is 0. The molecule has 4 nitrogen and oxygen atoms in total. The Hall–Kier alpha value is -1.26. The predicted molar refractivity (Wildman–Crippen MR) is 82.4 cm³/mol. The smallest absolute Gasteiger partial charge is 0.224 e. The van der Waals surface area contributed by atoms with Crippen LogP contribution in [0.3, 0.4) is 0 Å². The number of methoxy groups -OCH3 is 1. The minimum atomic E-state index is -0.0715. The fourth-order valence-corrected chi connectivity index (χ4v) is 2.65. The molecule has 112 valence electrons. The molecular weight excluding hydrogens is 276 g/mol. The fraction of sp³-hybridized carbons (Fsp3) is 0.533. The molecule has 0 aliphatic carbocycles.